The molecule has 1 aromatic heterocycles. The van der Waals surface area contributed by atoms with Crippen molar-refractivity contribution in [1.82, 2.24) is 9.97 Å². The second-order valence-electron chi connectivity index (χ2n) is 7.72. The van der Waals surface area contributed by atoms with Crippen molar-refractivity contribution in [3.63, 3.8) is 0 Å². The van der Waals surface area contributed by atoms with Gasteiger partial charge in [0.2, 0.25) is 5.95 Å². The van der Waals surface area contributed by atoms with Gasteiger partial charge in [0.1, 0.15) is 17.5 Å². The average molecular weight is 385 g/mol. The van der Waals surface area contributed by atoms with Crippen LogP contribution in [-0.4, -0.2) is 47.9 Å². The first-order valence-electron chi connectivity index (χ1n) is 10.2. The number of hydrogen-bond donors (Lipinski definition) is 3. The van der Waals surface area contributed by atoms with Gasteiger partial charge in [0.25, 0.3) is 0 Å². The molecule has 2 fully saturated rings. The van der Waals surface area contributed by atoms with Crippen molar-refractivity contribution in [3.05, 3.63) is 41.7 Å². The molecule has 2 aromatic rings. The largest absolute Gasteiger partial charge is 0.395 e. The van der Waals surface area contributed by atoms with Crippen LogP contribution in [0.3, 0.4) is 0 Å². The smallest absolute Gasteiger partial charge is 0.226 e. The summed E-state index contributed by atoms with van der Waals surface area (Å²) in [6.07, 6.45) is 4.58. The quantitative estimate of drug-likeness (QED) is 0.648. The van der Waals surface area contributed by atoms with Gasteiger partial charge in [0.15, 0.2) is 0 Å². The molecule has 2 heterocycles. The minimum absolute atomic E-state index is 0.0627. The number of rotatable bonds is 8. The van der Waals surface area contributed by atoms with Crippen LogP contribution in [0.5, 0.6) is 0 Å². The summed E-state index contributed by atoms with van der Waals surface area (Å²) >= 11 is 0. The van der Waals surface area contributed by atoms with Gasteiger partial charge in [-0.2, -0.15) is 9.97 Å². The van der Waals surface area contributed by atoms with E-state index in [1.54, 1.807) is 12.1 Å². The van der Waals surface area contributed by atoms with Gasteiger partial charge in [-0.3, -0.25) is 0 Å². The minimum Gasteiger partial charge on any atom is -0.395 e. The highest BCUT2D eigenvalue weighted by Gasteiger charge is 2.24. The first-order chi connectivity index (χ1) is 13.7. The Kier molecular flexibility index (Phi) is 5.90. The lowest BCUT2D eigenvalue weighted by atomic mass is 9.89. The number of anilines is 3. The summed E-state index contributed by atoms with van der Waals surface area (Å²) < 4.78 is 13.2. The molecule has 150 valence electrons. The maximum atomic E-state index is 13.2. The third-order valence-electron chi connectivity index (χ3n) is 5.54. The van der Waals surface area contributed by atoms with Crippen LogP contribution in [0.4, 0.5) is 22.0 Å². The highest BCUT2D eigenvalue weighted by atomic mass is 19.1. The third-order valence-corrected chi connectivity index (χ3v) is 5.54. The second kappa shape index (κ2) is 8.73. The van der Waals surface area contributed by atoms with E-state index in [-0.39, 0.29) is 12.4 Å². The fourth-order valence-electron chi connectivity index (χ4n) is 3.68. The standard InChI is InChI=1S/C21H28FN5O/c22-18-5-3-16(4-6-18)17-7-10-27(11-8-17)20-13-19(23-9-12-28)25-21(26-20)24-14-15-1-2-15/h3-6,13,15,17,28H,1-2,7-12,14H2,(H2,23,24,25,26). The van der Waals surface area contributed by atoms with Crippen LogP contribution in [0.25, 0.3) is 0 Å². The van der Waals surface area contributed by atoms with E-state index in [2.05, 4.69) is 20.5 Å². The van der Waals surface area contributed by atoms with E-state index in [1.807, 2.05) is 18.2 Å². The lowest BCUT2D eigenvalue weighted by Gasteiger charge is -2.33. The zero-order chi connectivity index (χ0) is 19.3. The normalized spacial score (nSPS) is 17.6. The number of nitrogens with zero attached hydrogens (tertiary/aromatic N) is 3. The molecule has 1 saturated carbocycles. The first-order valence-corrected chi connectivity index (χ1v) is 10.2. The number of halogens is 1. The molecule has 7 heteroatoms. The van der Waals surface area contributed by atoms with Crippen LogP contribution in [0.2, 0.25) is 0 Å². The summed E-state index contributed by atoms with van der Waals surface area (Å²) in [6, 6.07) is 8.84. The van der Waals surface area contributed by atoms with Gasteiger partial charge >= 0.3 is 0 Å². The molecular formula is C21H28FN5O. The summed E-state index contributed by atoms with van der Waals surface area (Å²) in [5.41, 5.74) is 1.21. The number of piperidine rings is 1. The Bertz CT molecular complexity index is 773. The molecule has 1 aliphatic heterocycles. The molecule has 0 bridgehead atoms. The van der Waals surface area contributed by atoms with E-state index in [0.717, 1.165) is 50.0 Å². The lowest BCUT2D eigenvalue weighted by Crippen LogP contribution is -2.33. The van der Waals surface area contributed by atoms with Gasteiger partial charge < -0.3 is 20.6 Å². The fourth-order valence-corrected chi connectivity index (χ4v) is 3.68. The molecule has 3 N–H and O–H groups in total. The summed E-state index contributed by atoms with van der Waals surface area (Å²) in [6.45, 7) is 3.25. The molecule has 4 rings (SSSR count). The monoisotopic (exact) mass is 385 g/mol. The van der Waals surface area contributed by atoms with Gasteiger partial charge in [0, 0.05) is 32.2 Å². The minimum atomic E-state index is -0.184. The van der Waals surface area contributed by atoms with Crippen molar-refractivity contribution in [2.24, 2.45) is 5.92 Å². The molecule has 2 aliphatic rings. The molecule has 0 radical (unpaired) electrons. The van der Waals surface area contributed by atoms with Gasteiger partial charge in [-0.15, -0.1) is 0 Å². The van der Waals surface area contributed by atoms with Crippen molar-refractivity contribution >= 4 is 17.6 Å². The van der Waals surface area contributed by atoms with Gasteiger partial charge in [-0.05, 0) is 55.2 Å². The van der Waals surface area contributed by atoms with Gasteiger partial charge in [-0.25, -0.2) is 4.39 Å². The number of benzene rings is 1. The zero-order valence-corrected chi connectivity index (χ0v) is 16.1. The van der Waals surface area contributed by atoms with Crippen LogP contribution in [0, 0.1) is 11.7 Å². The zero-order valence-electron chi connectivity index (χ0n) is 16.1. The Morgan fingerprint density at radius 3 is 2.46 bits per heavy atom. The summed E-state index contributed by atoms with van der Waals surface area (Å²) in [4.78, 5) is 11.5. The van der Waals surface area contributed by atoms with Crippen LogP contribution in [0.1, 0.15) is 37.2 Å². The molecule has 0 atom stereocenters. The predicted octanol–water partition coefficient (Wildman–Crippen LogP) is 3.23. The molecule has 1 aromatic carbocycles. The predicted molar refractivity (Wildman–Crippen MR) is 109 cm³/mol. The number of aliphatic hydroxyl groups is 1. The van der Waals surface area contributed by atoms with Crippen LogP contribution in [-0.2, 0) is 0 Å². The molecule has 1 aliphatic carbocycles. The van der Waals surface area contributed by atoms with Crippen molar-refractivity contribution in [1.29, 1.82) is 0 Å². The topological polar surface area (TPSA) is 73.3 Å². The Morgan fingerprint density at radius 1 is 1.04 bits per heavy atom. The Balaban J connectivity index is 1.43. The van der Waals surface area contributed by atoms with Crippen LogP contribution >= 0.6 is 0 Å². The van der Waals surface area contributed by atoms with E-state index in [0.29, 0.717) is 18.4 Å². The Hall–Kier alpha value is -2.41. The molecular weight excluding hydrogens is 357 g/mol. The van der Waals surface area contributed by atoms with Crippen molar-refractivity contribution in [2.45, 2.75) is 31.6 Å². The summed E-state index contributed by atoms with van der Waals surface area (Å²) in [5.74, 6) is 3.30. The molecule has 28 heavy (non-hydrogen) atoms. The molecule has 6 nitrogen and oxygen atoms in total. The SMILES string of the molecule is OCCNc1cc(N2CCC(c3ccc(F)cc3)CC2)nc(NCC2CC2)n1. The molecule has 1 saturated heterocycles. The van der Waals surface area contributed by atoms with Crippen molar-refractivity contribution in [3.8, 4) is 0 Å². The number of nitrogens with one attached hydrogen (secondary N) is 2. The maximum Gasteiger partial charge on any atom is 0.226 e. The Labute approximate surface area is 165 Å². The number of aromatic nitrogens is 2. The molecule has 0 amide bonds. The fraction of sp³-hybridized carbons (Fsp3) is 0.524. The Morgan fingerprint density at radius 2 is 1.79 bits per heavy atom. The average Bonchev–Trinajstić information content (AvgIpc) is 3.56. The van der Waals surface area contributed by atoms with E-state index < -0.39 is 0 Å². The van der Waals surface area contributed by atoms with Gasteiger partial charge in [0.05, 0.1) is 6.61 Å². The molecule has 0 spiro atoms. The van der Waals surface area contributed by atoms with Crippen LogP contribution in [0.15, 0.2) is 30.3 Å². The number of aliphatic hydroxyl groups excluding tert-OH is 1. The summed E-state index contributed by atoms with van der Waals surface area (Å²) in [5, 5.41) is 15.6. The third kappa shape index (κ3) is 4.90. The van der Waals surface area contributed by atoms with Crippen LogP contribution < -0.4 is 15.5 Å². The van der Waals surface area contributed by atoms with Crippen molar-refractivity contribution in [2.75, 3.05) is 48.3 Å². The summed E-state index contributed by atoms with van der Waals surface area (Å²) in [7, 11) is 0. The highest BCUT2D eigenvalue weighted by Crippen LogP contribution is 2.32. The molecule has 0 unspecified atom stereocenters. The van der Waals surface area contributed by atoms with E-state index in [1.165, 1.54) is 18.4 Å². The van der Waals surface area contributed by atoms with E-state index in [9.17, 15) is 4.39 Å². The number of hydrogen-bond acceptors (Lipinski definition) is 6. The first kappa shape index (κ1) is 18.9. The lowest BCUT2D eigenvalue weighted by molar-refractivity contribution is 0.311. The van der Waals surface area contributed by atoms with E-state index >= 15 is 0 Å². The highest BCUT2D eigenvalue weighted by molar-refractivity contribution is 5.54. The second-order valence-corrected chi connectivity index (χ2v) is 7.72. The van der Waals surface area contributed by atoms with Crippen molar-refractivity contribution < 1.29 is 9.50 Å². The van der Waals surface area contributed by atoms with Gasteiger partial charge in [-0.1, -0.05) is 12.1 Å². The maximum absolute atomic E-state index is 13.2. The van der Waals surface area contributed by atoms with E-state index in [4.69, 9.17) is 10.1 Å².